The van der Waals surface area contributed by atoms with E-state index in [0.717, 1.165) is 66.3 Å². The summed E-state index contributed by atoms with van der Waals surface area (Å²) in [6, 6.07) is 14.3. The molecule has 1 saturated heterocycles. The van der Waals surface area contributed by atoms with Crippen molar-refractivity contribution in [2.75, 3.05) is 37.4 Å². The number of piperidine rings is 1. The Morgan fingerprint density at radius 1 is 1.18 bits per heavy atom. The van der Waals surface area contributed by atoms with Gasteiger partial charge < -0.3 is 25.3 Å². The number of ether oxygens (including phenoxy) is 1. The van der Waals surface area contributed by atoms with Gasteiger partial charge >= 0.3 is 0 Å². The fraction of sp³-hybridized carbons (Fsp3) is 0.308. The van der Waals surface area contributed by atoms with Crippen LogP contribution in [0, 0.1) is 0 Å². The Balaban J connectivity index is 1.53. The van der Waals surface area contributed by atoms with Crippen LogP contribution in [0.4, 0.5) is 11.4 Å². The summed E-state index contributed by atoms with van der Waals surface area (Å²) in [6.45, 7) is 5.55. The monoisotopic (exact) mass is 443 g/mol. The van der Waals surface area contributed by atoms with Crippen molar-refractivity contribution in [3.05, 3.63) is 71.8 Å². The molecular weight excluding hydrogens is 414 g/mol. The lowest BCUT2D eigenvalue weighted by Gasteiger charge is -2.32. The second-order valence-corrected chi connectivity index (χ2v) is 8.48. The zero-order valence-electron chi connectivity index (χ0n) is 19.0. The zero-order valence-corrected chi connectivity index (χ0v) is 19.0. The van der Waals surface area contributed by atoms with Gasteiger partial charge in [-0.05, 0) is 55.3 Å². The number of nitrogens with one attached hydrogen (secondary N) is 3. The largest absolute Gasteiger partial charge is 0.497 e. The van der Waals surface area contributed by atoms with Gasteiger partial charge in [-0.25, -0.2) is 4.98 Å². The van der Waals surface area contributed by atoms with Crippen LogP contribution in [0.15, 0.2) is 54.9 Å². The number of H-pyrrole nitrogens is 1. The van der Waals surface area contributed by atoms with Crippen molar-refractivity contribution in [3.8, 4) is 5.75 Å². The number of aromatic amines is 1. The molecule has 2 aromatic carbocycles. The van der Waals surface area contributed by atoms with Crippen molar-refractivity contribution in [2.24, 2.45) is 0 Å². The summed E-state index contributed by atoms with van der Waals surface area (Å²) in [7, 11) is 1.64. The van der Waals surface area contributed by atoms with Gasteiger partial charge in [0.2, 0.25) is 0 Å². The van der Waals surface area contributed by atoms with Crippen LogP contribution < -0.4 is 15.4 Å². The lowest BCUT2D eigenvalue weighted by molar-refractivity contribution is -0.110. The summed E-state index contributed by atoms with van der Waals surface area (Å²) in [5, 5.41) is 6.72. The molecule has 3 N–H and O–H groups in total. The molecule has 0 aliphatic carbocycles. The third-order valence-electron chi connectivity index (χ3n) is 6.53. The number of hydrogen-bond donors (Lipinski definition) is 3. The Morgan fingerprint density at radius 2 is 1.97 bits per heavy atom. The van der Waals surface area contributed by atoms with Crippen LogP contribution in [0.2, 0.25) is 0 Å². The molecule has 2 aliphatic rings. The summed E-state index contributed by atoms with van der Waals surface area (Å²) < 4.78 is 5.31. The van der Waals surface area contributed by atoms with Gasteiger partial charge in [-0.3, -0.25) is 4.79 Å². The summed E-state index contributed by atoms with van der Waals surface area (Å²) >= 11 is 0. The molecule has 1 aromatic heterocycles. The van der Waals surface area contributed by atoms with Gasteiger partial charge in [-0.1, -0.05) is 19.1 Å². The summed E-state index contributed by atoms with van der Waals surface area (Å²) in [5.74, 6) is 1.29. The molecule has 7 heteroatoms. The van der Waals surface area contributed by atoms with Crippen molar-refractivity contribution in [3.63, 3.8) is 0 Å². The smallest absolute Gasteiger partial charge is 0.257 e. The van der Waals surface area contributed by atoms with E-state index in [-0.39, 0.29) is 5.91 Å². The number of likely N-dealkylation sites (tertiary alicyclic amines) is 1. The fourth-order valence-corrected chi connectivity index (χ4v) is 4.69. The van der Waals surface area contributed by atoms with Crippen LogP contribution in [-0.2, 0) is 4.79 Å². The number of aromatic nitrogens is 2. The maximum Gasteiger partial charge on any atom is 0.257 e. The normalized spacial score (nSPS) is 18.1. The Hall–Kier alpha value is -3.58. The van der Waals surface area contributed by atoms with E-state index in [1.807, 2.05) is 36.4 Å². The van der Waals surface area contributed by atoms with E-state index in [1.165, 1.54) is 0 Å². The van der Waals surface area contributed by atoms with E-state index in [1.54, 1.807) is 19.5 Å². The van der Waals surface area contributed by atoms with Gasteiger partial charge in [0, 0.05) is 54.0 Å². The minimum absolute atomic E-state index is 0.124. The summed E-state index contributed by atoms with van der Waals surface area (Å²) in [4.78, 5) is 23.3. The van der Waals surface area contributed by atoms with E-state index in [4.69, 9.17) is 4.74 Å². The highest BCUT2D eigenvalue weighted by Gasteiger charge is 2.30. The van der Waals surface area contributed by atoms with Gasteiger partial charge in [-0.15, -0.1) is 0 Å². The predicted molar refractivity (Wildman–Crippen MR) is 131 cm³/mol. The van der Waals surface area contributed by atoms with Crippen molar-refractivity contribution < 1.29 is 9.53 Å². The van der Waals surface area contributed by atoms with Crippen LogP contribution in [0.25, 0.3) is 11.1 Å². The molecule has 0 spiro atoms. The van der Waals surface area contributed by atoms with Gasteiger partial charge in [-0.2, -0.15) is 0 Å². The molecule has 170 valence electrons. The first-order chi connectivity index (χ1) is 16.2. The average Bonchev–Trinajstić information content (AvgIpc) is 3.49. The molecule has 33 heavy (non-hydrogen) atoms. The molecule has 1 fully saturated rings. The summed E-state index contributed by atoms with van der Waals surface area (Å²) in [6.07, 6.45) is 5.71. The van der Waals surface area contributed by atoms with Gasteiger partial charge in [0.25, 0.3) is 5.91 Å². The first-order valence-corrected chi connectivity index (χ1v) is 11.5. The van der Waals surface area contributed by atoms with E-state index in [9.17, 15) is 4.79 Å². The maximum absolute atomic E-state index is 13.2. The second kappa shape index (κ2) is 9.11. The topological polar surface area (TPSA) is 82.3 Å². The molecule has 3 heterocycles. The minimum Gasteiger partial charge on any atom is -0.497 e. The predicted octanol–water partition coefficient (Wildman–Crippen LogP) is 4.23. The van der Waals surface area contributed by atoms with E-state index < -0.39 is 0 Å². The lowest BCUT2D eigenvalue weighted by atomic mass is 9.94. The van der Waals surface area contributed by atoms with E-state index >= 15 is 0 Å². The Kier molecular flexibility index (Phi) is 5.88. The fourth-order valence-electron chi connectivity index (χ4n) is 4.69. The number of methoxy groups -OCH3 is 1. The Morgan fingerprint density at radius 3 is 2.64 bits per heavy atom. The van der Waals surface area contributed by atoms with Crippen LogP contribution in [0.3, 0.4) is 0 Å². The maximum atomic E-state index is 13.2. The first-order valence-electron chi connectivity index (χ1n) is 11.5. The van der Waals surface area contributed by atoms with E-state index in [2.05, 4.69) is 38.5 Å². The molecule has 7 nitrogen and oxygen atoms in total. The number of carbonyl (C=O) groups excluding carboxylic acids is 1. The van der Waals surface area contributed by atoms with Crippen LogP contribution in [-0.4, -0.2) is 53.6 Å². The molecule has 0 atom stereocenters. The number of fused-ring (bicyclic) bond motifs is 1. The number of nitrogens with zero attached hydrogens (tertiary/aromatic N) is 2. The van der Waals surface area contributed by atoms with E-state index in [0.29, 0.717) is 17.4 Å². The second-order valence-electron chi connectivity index (χ2n) is 8.48. The summed E-state index contributed by atoms with van der Waals surface area (Å²) in [5.41, 5.74) is 5.03. The molecular formula is C26H29N5O2. The van der Waals surface area contributed by atoms with Crippen molar-refractivity contribution in [2.45, 2.75) is 25.8 Å². The van der Waals surface area contributed by atoms with Crippen molar-refractivity contribution in [1.29, 1.82) is 0 Å². The Bertz CT molecular complexity index is 1160. The zero-order chi connectivity index (χ0) is 22.8. The third kappa shape index (κ3) is 4.24. The van der Waals surface area contributed by atoms with Crippen LogP contribution in [0.5, 0.6) is 5.75 Å². The number of imidazole rings is 1. The number of benzene rings is 2. The highest BCUT2D eigenvalue weighted by molar-refractivity contribution is 6.38. The molecule has 0 unspecified atom stereocenters. The first kappa shape index (κ1) is 21.3. The number of carbonyl (C=O) groups is 1. The quantitative estimate of drug-likeness (QED) is 0.497. The highest BCUT2D eigenvalue weighted by atomic mass is 16.5. The molecule has 0 radical (unpaired) electrons. The van der Waals surface area contributed by atoms with Crippen molar-refractivity contribution >= 4 is 28.4 Å². The number of amides is 1. The van der Waals surface area contributed by atoms with Crippen LogP contribution >= 0.6 is 0 Å². The SMILES string of the molecule is CCN1CCC(Nc2ccc3c(c2)/C(=C(\c2ccc(OC)cc2)c2ncc[nH]2)C(=O)N3)CC1. The molecule has 3 aromatic rings. The van der Waals surface area contributed by atoms with Crippen molar-refractivity contribution in [1.82, 2.24) is 14.9 Å². The molecule has 5 rings (SSSR count). The molecule has 0 saturated carbocycles. The standard InChI is InChI=1S/C26H29N5O2/c1-3-31-14-10-18(11-15-31)29-19-6-9-22-21(16-19)24(26(32)30-22)23(25-27-12-13-28-25)17-4-7-20(33-2)8-5-17/h4-9,12-13,16,18,29H,3,10-11,14-15H2,1-2H3,(H,27,28)(H,30,32)/b24-23-. The average molecular weight is 444 g/mol. The van der Waals surface area contributed by atoms with Gasteiger partial charge in [0.05, 0.1) is 12.7 Å². The molecule has 0 bridgehead atoms. The highest BCUT2D eigenvalue weighted by Crippen LogP contribution is 2.40. The molecule has 2 aliphatic heterocycles. The molecule has 1 amide bonds. The number of hydrogen-bond acceptors (Lipinski definition) is 5. The Labute approximate surface area is 193 Å². The van der Waals surface area contributed by atoms with Crippen LogP contribution in [0.1, 0.15) is 36.7 Å². The third-order valence-corrected chi connectivity index (χ3v) is 6.53. The lowest BCUT2D eigenvalue weighted by Crippen LogP contribution is -2.38. The number of anilines is 2. The van der Waals surface area contributed by atoms with Gasteiger partial charge in [0.15, 0.2) is 0 Å². The van der Waals surface area contributed by atoms with Gasteiger partial charge in [0.1, 0.15) is 11.6 Å². The minimum atomic E-state index is -0.124. The number of rotatable bonds is 6.